The molecule has 0 spiro atoms. The van der Waals surface area contributed by atoms with Gasteiger partial charge < -0.3 is 10.6 Å². The number of benzene rings is 1. The molecule has 1 atom stereocenters. The summed E-state index contributed by atoms with van der Waals surface area (Å²) in [7, 11) is -3.20. The maximum absolute atomic E-state index is 12.1. The van der Waals surface area contributed by atoms with Gasteiger partial charge in [0.1, 0.15) is 0 Å². The molecule has 0 radical (unpaired) electrons. The number of hydrogen-bond acceptors (Lipinski definition) is 3. The Morgan fingerprint density at radius 2 is 1.91 bits per heavy atom. The maximum atomic E-state index is 12.1. The van der Waals surface area contributed by atoms with E-state index in [-0.39, 0.29) is 12.1 Å². The highest BCUT2D eigenvalue weighted by Crippen LogP contribution is 2.17. The van der Waals surface area contributed by atoms with Crippen LogP contribution < -0.4 is 10.6 Å². The Morgan fingerprint density at radius 1 is 1.26 bits per heavy atom. The number of carbonyl (C=O) groups is 1. The van der Waals surface area contributed by atoms with E-state index in [9.17, 15) is 13.2 Å². The number of sulfonamides is 1. The van der Waals surface area contributed by atoms with Gasteiger partial charge in [-0.25, -0.2) is 17.5 Å². The van der Waals surface area contributed by atoms with Gasteiger partial charge in [0.05, 0.1) is 6.26 Å². The van der Waals surface area contributed by atoms with Gasteiger partial charge in [-0.2, -0.15) is 0 Å². The minimum absolute atomic E-state index is 0.159. The lowest BCUT2D eigenvalue weighted by molar-refractivity contribution is 0.236. The zero-order valence-corrected chi connectivity index (χ0v) is 14.7. The van der Waals surface area contributed by atoms with Gasteiger partial charge in [0.25, 0.3) is 0 Å². The summed E-state index contributed by atoms with van der Waals surface area (Å²) >= 11 is 0. The van der Waals surface area contributed by atoms with Crippen molar-refractivity contribution < 1.29 is 13.2 Å². The van der Waals surface area contributed by atoms with Crippen LogP contribution in [0.1, 0.15) is 38.2 Å². The fourth-order valence-electron chi connectivity index (χ4n) is 2.67. The van der Waals surface area contributed by atoms with Crippen LogP contribution in [-0.2, 0) is 10.0 Å². The topological polar surface area (TPSA) is 78.5 Å². The van der Waals surface area contributed by atoms with Gasteiger partial charge in [-0.1, -0.05) is 26.0 Å². The quantitative estimate of drug-likeness (QED) is 0.884. The fourth-order valence-corrected chi connectivity index (χ4v) is 3.58. The van der Waals surface area contributed by atoms with Crippen LogP contribution >= 0.6 is 0 Å². The van der Waals surface area contributed by atoms with Crippen molar-refractivity contribution in [2.24, 2.45) is 0 Å². The van der Waals surface area contributed by atoms with Gasteiger partial charge in [0.15, 0.2) is 0 Å². The first kappa shape index (κ1) is 17.7. The molecule has 1 aromatic carbocycles. The number of nitrogens with zero attached hydrogens (tertiary/aromatic N) is 1. The van der Waals surface area contributed by atoms with Crippen LogP contribution in [0.25, 0.3) is 0 Å². The van der Waals surface area contributed by atoms with E-state index in [2.05, 4.69) is 24.5 Å². The van der Waals surface area contributed by atoms with Crippen molar-refractivity contribution >= 4 is 21.7 Å². The molecule has 1 heterocycles. The molecule has 2 amide bonds. The summed E-state index contributed by atoms with van der Waals surface area (Å²) in [5.41, 5.74) is 1.94. The smallest absolute Gasteiger partial charge is 0.319 e. The second-order valence-electron chi connectivity index (χ2n) is 6.34. The molecule has 0 aromatic heterocycles. The van der Waals surface area contributed by atoms with Crippen LogP contribution in [0.5, 0.6) is 0 Å². The van der Waals surface area contributed by atoms with E-state index >= 15 is 0 Å². The Kier molecular flexibility index (Phi) is 5.64. The highest BCUT2D eigenvalue weighted by molar-refractivity contribution is 7.88. The monoisotopic (exact) mass is 339 g/mol. The Bertz CT molecular complexity index is 641. The molecular weight excluding hydrogens is 314 g/mol. The molecule has 1 fully saturated rings. The van der Waals surface area contributed by atoms with Gasteiger partial charge in [-0.05, 0) is 36.5 Å². The SMILES string of the molecule is CC(C)c1ccc(NC(=O)N[C@@H]2CCCN(S(C)(=O)=O)C2)cc1. The Labute approximate surface area is 138 Å². The average molecular weight is 339 g/mol. The Hall–Kier alpha value is -1.60. The summed E-state index contributed by atoms with van der Waals surface area (Å²) in [6.07, 6.45) is 2.73. The third-order valence-corrected chi connectivity index (χ3v) is 5.29. The predicted octanol–water partition coefficient (Wildman–Crippen LogP) is 2.36. The minimum Gasteiger partial charge on any atom is -0.334 e. The number of amides is 2. The molecule has 7 heteroatoms. The third kappa shape index (κ3) is 5.21. The summed E-state index contributed by atoms with van der Waals surface area (Å²) in [5, 5.41) is 5.64. The van der Waals surface area contributed by atoms with Gasteiger partial charge in [0.2, 0.25) is 10.0 Å². The molecular formula is C16H25N3O3S. The molecule has 6 nitrogen and oxygen atoms in total. The van der Waals surface area contributed by atoms with Crippen LogP contribution in [0.3, 0.4) is 0 Å². The first-order chi connectivity index (χ1) is 10.8. The van der Waals surface area contributed by atoms with E-state index in [1.54, 1.807) is 0 Å². The van der Waals surface area contributed by atoms with Crippen LogP contribution in [-0.4, -0.2) is 44.1 Å². The summed E-state index contributed by atoms with van der Waals surface area (Å²) in [4.78, 5) is 12.1. The largest absolute Gasteiger partial charge is 0.334 e. The standard InChI is InChI=1S/C16H25N3O3S/c1-12(2)13-6-8-14(9-7-13)17-16(20)18-15-5-4-10-19(11-15)23(3,21)22/h6-9,12,15H,4-5,10-11H2,1-3H3,(H2,17,18,20)/t15-/m1/s1. The molecule has 128 valence electrons. The van der Waals surface area contributed by atoms with E-state index in [4.69, 9.17) is 0 Å². The van der Waals surface area contributed by atoms with Crippen LogP contribution in [0.15, 0.2) is 24.3 Å². The van der Waals surface area contributed by atoms with Crippen molar-refractivity contribution in [1.82, 2.24) is 9.62 Å². The zero-order chi connectivity index (χ0) is 17.0. The number of rotatable bonds is 4. The second-order valence-corrected chi connectivity index (χ2v) is 8.32. The van der Waals surface area contributed by atoms with E-state index in [0.717, 1.165) is 18.5 Å². The highest BCUT2D eigenvalue weighted by Gasteiger charge is 2.26. The summed E-state index contributed by atoms with van der Waals surface area (Å²) < 4.78 is 24.6. The number of piperidine rings is 1. The Balaban J connectivity index is 1.89. The van der Waals surface area contributed by atoms with E-state index in [1.807, 2.05) is 24.3 Å². The van der Waals surface area contributed by atoms with Crippen LogP contribution in [0.2, 0.25) is 0 Å². The molecule has 0 saturated carbocycles. The average Bonchev–Trinajstić information content (AvgIpc) is 2.47. The van der Waals surface area contributed by atoms with E-state index in [1.165, 1.54) is 16.1 Å². The maximum Gasteiger partial charge on any atom is 0.319 e. The first-order valence-corrected chi connectivity index (χ1v) is 9.73. The molecule has 0 bridgehead atoms. The van der Waals surface area contributed by atoms with Gasteiger partial charge in [-0.15, -0.1) is 0 Å². The van der Waals surface area contributed by atoms with Gasteiger partial charge in [-0.3, -0.25) is 0 Å². The third-order valence-electron chi connectivity index (χ3n) is 4.02. The minimum atomic E-state index is -3.20. The second kappa shape index (κ2) is 7.31. The molecule has 1 saturated heterocycles. The normalized spacial score (nSPS) is 19.6. The number of anilines is 1. The van der Waals surface area contributed by atoms with Crippen molar-refractivity contribution in [2.75, 3.05) is 24.7 Å². The molecule has 0 unspecified atom stereocenters. The van der Waals surface area contributed by atoms with E-state index in [0.29, 0.717) is 19.0 Å². The molecule has 1 aliphatic rings. The highest BCUT2D eigenvalue weighted by atomic mass is 32.2. The fraction of sp³-hybridized carbons (Fsp3) is 0.562. The first-order valence-electron chi connectivity index (χ1n) is 7.88. The number of hydrogen-bond donors (Lipinski definition) is 2. The summed E-state index contributed by atoms with van der Waals surface area (Å²) in [6, 6.07) is 7.27. The van der Waals surface area contributed by atoms with E-state index < -0.39 is 10.0 Å². The van der Waals surface area contributed by atoms with Crippen molar-refractivity contribution in [3.8, 4) is 0 Å². The van der Waals surface area contributed by atoms with Crippen LogP contribution in [0, 0.1) is 0 Å². The van der Waals surface area contributed by atoms with Crippen molar-refractivity contribution in [1.29, 1.82) is 0 Å². The number of nitrogens with one attached hydrogen (secondary N) is 2. The predicted molar refractivity (Wildman–Crippen MR) is 92.1 cm³/mol. The number of carbonyl (C=O) groups excluding carboxylic acids is 1. The molecule has 1 aromatic rings. The van der Waals surface area contributed by atoms with Gasteiger partial charge >= 0.3 is 6.03 Å². The molecule has 23 heavy (non-hydrogen) atoms. The summed E-state index contributed by atoms with van der Waals surface area (Å²) in [6.45, 7) is 5.09. The Morgan fingerprint density at radius 3 is 2.48 bits per heavy atom. The lowest BCUT2D eigenvalue weighted by Crippen LogP contribution is -2.50. The summed E-state index contributed by atoms with van der Waals surface area (Å²) in [5.74, 6) is 0.446. The van der Waals surface area contributed by atoms with Crippen molar-refractivity contribution in [3.63, 3.8) is 0 Å². The van der Waals surface area contributed by atoms with Crippen molar-refractivity contribution in [3.05, 3.63) is 29.8 Å². The number of urea groups is 1. The van der Waals surface area contributed by atoms with Gasteiger partial charge in [0, 0.05) is 24.8 Å². The lowest BCUT2D eigenvalue weighted by Gasteiger charge is -2.31. The molecule has 2 N–H and O–H groups in total. The van der Waals surface area contributed by atoms with Crippen molar-refractivity contribution in [2.45, 2.75) is 38.6 Å². The molecule has 2 rings (SSSR count). The molecule has 1 aliphatic heterocycles. The zero-order valence-electron chi connectivity index (χ0n) is 13.9. The van der Waals surface area contributed by atoms with Crippen LogP contribution in [0.4, 0.5) is 10.5 Å². The molecule has 0 aliphatic carbocycles. The lowest BCUT2D eigenvalue weighted by atomic mass is 10.0.